The lowest BCUT2D eigenvalue weighted by atomic mass is 9.85. The van der Waals surface area contributed by atoms with Gasteiger partial charge in [-0.1, -0.05) is 0 Å². The molecule has 0 radical (unpaired) electrons. The molecule has 14 heavy (non-hydrogen) atoms. The topological polar surface area (TPSA) is 102 Å². The number of hydrogen-bond donors (Lipinski definition) is 3. The van der Waals surface area contributed by atoms with E-state index in [0.29, 0.717) is 0 Å². The third-order valence-corrected chi connectivity index (χ3v) is 2.46. The van der Waals surface area contributed by atoms with Crippen molar-refractivity contribution < 1.29 is 19.4 Å². The quantitative estimate of drug-likeness (QED) is 0.519. The van der Waals surface area contributed by atoms with Gasteiger partial charge in [0.15, 0.2) is 0 Å². The molecule has 1 fully saturated rings. The zero-order chi connectivity index (χ0) is 10.8. The molecule has 0 saturated carbocycles. The van der Waals surface area contributed by atoms with Crippen molar-refractivity contribution in [2.45, 2.75) is 13.0 Å². The number of carboxylic acids is 1. The van der Waals surface area contributed by atoms with E-state index in [9.17, 15) is 9.59 Å². The highest BCUT2D eigenvalue weighted by Gasteiger charge is 2.47. The van der Waals surface area contributed by atoms with Gasteiger partial charge in [-0.3, -0.25) is 9.59 Å². The van der Waals surface area contributed by atoms with Gasteiger partial charge in [0.1, 0.15) is 5.41 Å². The fraction of sp³-hybridized carbons (Fsp3) is 0.750. The van der Waals surface area contributed by atoms with Crippen LogP contribution in [-0.4, -0.2) is 42.8 Å². The van der Waals surface area contributed by atoms with Gasteiger partial charge in [0.2, 0.25) is 5.91 Å². The van der Waals surface area contributed by atoms with E-state index in [1.807, 2.05) is 0 Å². The van der Waals surface area contributed by atoms with Crippen molar-refractivity contribution in [2.75, 3.05) is 19.8 Å². The molecule has 1 rings (SSSR count). The molecule has 0 aromatic carbocycles. The number of nitrogens with two attached hydrogens (primary N) is 1. The van der Waals surface area contributed by atoms with Crippen molar-refractivity contribution >= 4 is 11.9 Å². The van der Waals surface area contributed by atoms with E-state index in [2.05, 4.69) is 5.32 Å². The normalized spacial score (nSPS) is 31.4. The molecule has 2 unspecified atom stereocenters. The van der Waals surface area contributed by atoms with Crippen LogP contribution in [0.2, 0.25) is 0 Å². The molecular formula is C8H14N2O4. The van der Waals surface area contributed by atoms with Crippen molar-refractivity contribution in [1.82, 2.24) is 5.32 Å². The summed E-state index contributed by atoms with van der Waals surface area (Å²) in [5, 5.41) is 11.5. The Morgan fingerprint density at radius 2 is 2.36 bits per heavy atom. The summed E-state index contributed by atoms with van der Waals surface area (Å²) in [4.78, 5) is 21.9. The van der Waals surface area contributed by atoms with Gasteiger partial charge < -0.3 is 20.9 Å². The SMILES string of the molecule is CC1(C(=O)O)COCC1NC(=O)CN. The Bertz CT molecular complexity index is 256. The maximum absolute atomic E-state index is 11.0. The molecule has 1 amide bonds. The van der Waals surface area contributed by atoms with Gasteiger partial charge in [-0.15, -0.1) is 0 Å². The Balaban J connectivity index is 2.68. The van der Waals surface area contributed by atoms with Crippen LogP contribution in [0.1, 0.15) is 6.92 Å². The van der Waals surface area contributed by atoms with Crippen LogP contribution in [0, 0.1) is 5.41 Å². The second kappa shape index (κ2) is 3.93. The molecule has 0 bridgehead atoms. The number of aliphatic carboxylic acids is 1. The molecule has 1 saturated heterocycles. The van der Waals surface area contributed by atoms with Crippen LogP contribution in [0.5, 0.6) is 0 Å². The second-order valence-corrected chi connectivity index (χ2v) is 3.56. The number of hydrogen-bond acceptors (Lipinski definition) is 4. The monoisotopic (exact) mass is 202 g/mol. The average molecular weight is 202 g/mol. The van der Waals surface area contributed by atoms with Crippen LogP contribution in [0.3, 0.4) is 0 Å². The minimum absolute atomic E-state index is 0.109. The van der Waals surface area contributed by atoms with Crippen molar-refractivity contribution in [2.24, 2.45) is 11.1 Å². The molecule has 80 valence electrons. The molecule has 1 heterocycles. The van der Waals surface area contributed by atoms with E-state index >= 15 is 0 Å². The van der Waals surface area contributed by atoms with E-state index in [-0.39, 0.29) is 25.7 Å². The maximum Gasteiger partial charge on any atom is 0.313 e. The fourth-order valence-electron chi connectivity index (χ4n) is 1.34. The Hall–Kier alpha value is -1.14. The molecule has 1 aliphatic rings. The Kier molecular flexibility index (Phi) is 3.07. The standard InChI is InChI=1S/C8H14N2O4/c1-8(7(12)13)4-14-3-5(8)10-6(11)2-9/h5H,2-4,9H2,1H3,(H,10,11)(H,12,13). The zero-order valence-corrected chi connectivity index (χ0v) is 7.95. The summed E-state index contributed by atoms with van der Waals surface area (Å²) >= 11 is 0. The van der Waals surface area contributed by atoms with E-state index in [4.69, 9.17) is 15.6 Å². The first kappa shape index (κ1) is 10.9. The lowest BCUT2D eigenvalue weighted by molar-refractivity contribution is -0.149. The number of carbonyl (C=O) groups is 2. The van der Waals surface area contributed by atoms with Crippen molar-refractivity contribution in [1.29, 1.82) is 0 Å². The van der Waals surface area contributed by atoms with Crippen molar-refractivity contribution in [3.8, 4) is 0 Å². The molecule has 2 atom stereocenters. The summed E-state index contributed by atoms with van der Waals surface area (Å²) in [7, 11) is 0. The molecule has 0 spiro atoms. The first-order valence-corrected chi connectivity index (χ1v) is 4.31. The van der Waals surface area contributed by atoms with Gasteiger partial charge in [-0.25, -0.2) is 0 Å². The second-order valence-electron chi connectivity index (χ2n) is 3.56. The number of amides is 1. The fourth-order valence-corrected chi connectivity index (χ4v) is 1.34. The summed E-state index contributed by atoms with van der Waals surface area (Å²) in [6, 6.07) is -0.504. The molecule has 0 aromatic rings. The number of ether oxygens (including phenoxy) is 1. The lowest BCUT2D eigenvalue weighted by Gasteiger charge is -2.25. The van der Waals surface area contributed by atoms with Crippen LogP contribution in [0.4, 0.5) is 0 Å². The highest BCUT2D eigenvalue weighted by molar-refractivity contribution is 5.81. The highest BCUT2D eigenvalue weighted by atomic mass is 16.5. The zero-order valence-electron chi connectivity index (χ0n) is 7.95. The maximum atomic E-state index is 11.0. The Labute approximate surface area is 81.4 Å². The van der Waals surface area contributed by atoms with Gasteiger partial charge in [-0.2, -0.15) is 0 Å². The third kappa shape index (κ3) is 1.85. The Morgan fingerprint density at radius 3 is 2.86 bits per heavy atom. The molecular weight excluding hydrogens is 188 g/mol. The van der Waals surface area contributed by atoms with Gasteiger partial charge in [0.05, 0.1) is 25.8 Å². The van der Waals surface area contributed by atoms with Gasteiger partial charge in [-0.05, 0) is 6.92 Å². The lowest BCUT2D eigenvalue weighted by Crippen LogP contribution is -2.51. The van der Waals surface area contributed by atoms with Gasteiger partial charge >= 0.3 is 5.97 Å². The predicted octanol–water partition coefficient (Wildman–Crippen LogP) is -1.45. The molecule has 6 nitrogen and oxygen atoms in total. The molecule has 0 aromatic heterocycles. The molecule has 1 aliphatic heterocycles. The summed E-state index contributed by atoms with van der Waals surface area (Å²) in [6.07, 6.45) is 0. The first-order chi connectivity index (χ1) is 6.50. The molecule has 4 N–H and O–H groups in total. The third-order valence-electron chi connectivity index (χ3n) is 2.46. The molecule has 6 heteroatoms. The summed E-state index contributed by atoms with van der Waals surface area (Å²) < 4.78 is 5.04. The van der Waals surface area contributed by atoms with Gasteiger partial charge in [0.25, 0.3) is 0 Å². The number of carboxylic acid groups (broad SMARTS) is 1. The molecule has 0 aliphatic carbocycles. The van der Waals surface area contributed by atoms with Crippen molar-refractivity contribution in [3.63, 3.8) is 0 Å². The number of nitrogens with one attached hydrogen (secondary N) is 1. The van der Waals surface area contributed by atoms with Gasteiger partial charge in [0, 0.05) is 0 Å². The Morgan fingerprint density at radius 1 is 1.71 bits per heavy atom. The average Bonchev–Trinajstić information content (AvgIpc) is 2.49. The van der Waals surface area contributed by atoms with Crippen LogP contribution in [0.25, 0.3) is 0 Å². The van der Waals surface area contributed by atoms with Crippen LogP contribution >= 0.6 is 0 Å². The van der Waals surface area contributed by atoms with Crippen molar-refractivity contribution in [3.05, 3.63) is 0 Å². The van der Waals surface area contributed by atoms with Crippen LogP contribution < -0.4 is 11.1 Å². The predicted molar refractivity (Wildman–Crippen MR) is 47.5 cm³/mol. The van der Waals surface area contributed by atoms with E-state index in [0.717, 1.165) is 0 Å². The smallest absolute Gasteiger partial charge is 0.313 e. The van der Waals surface area contributed by atoms with Crippen LogP contribution in [0.15, 0.2) is 0 Å². The van der Waals surface area contributed by atoms with Crippen LogP contribution in [-0.2, 0) is 14.3 Å². The minimum atomic E-state index is -1.05. The summed E-state index contributed by atoms with van der Waals surface area (Å²) in [6.45, 7) is 1.72. The highest BCUT2D eigenvalue weighted by Crippen LogP contribution is 2.28. The number of carbonyl (C=O) groups excluding carboxylic acids is 1. The summed E-state index contributed by atoms with van der Waals surface area (Å²) in [5.74, 6) is -1.34. The van der Waals surface area contributed by atoms with E-state index < -0.39 is 17.4 Å². The summed E-state index contributed by atoms with van der Waals surface area (Å²) in [5.41, 5.74) is 4.06. The van der Waals surface area contributed by atoms with E-state index in [1.165, 1.54) is 0 Å². The first-order valence-electron chi connectivity index (χ1n) is 4.31. The largest absolute Gasteiger partial charge is 0.481 e. The van der Waals surface area contributed by atoms with E-state index in [1.54, 1.807) is 6.92 Å². The minimum Gasteiger partial charge on any atom is -0.481 e. The number of rotatable bonds is 3.